The van der Waals surface area contributed by atoms with Crippen LogP contribution in [0.4, 0.5) is 5.69 Å². The van der Waals surface area contributed by atoms with Gasteiger partial charge in [-0.15, -0.1) is 0 Å². The van der Waals surface area contributed by atoms with Crippen molar-refractivity contribution in [1.82, 2.24) is 0 Å². The monoisotopic (exact) mass is 341 g/mol. The van der Waals surface area contributed by atoms with Crippen molar-refractivity contribution < 1.29 is 19.4 Å². The highest BCUT2D eigenvalue weighted by Gasteiger charge is 2.06. The molecule has 0 aliphatic rings. The molecule has 2 aromatic carbocycles. The molecule has 0 spiro atoms. The topological polar surface area (TPSA) is 75.6 Å². The number of rotatable bonds is 9. The van der Waals surface area contributed by atoms with Crippen LogP contribution in [-0.2, 0) is 22.4 Å². The Morgan fingerprint density at radius 2 is 1.84 bits per heavy atom. The number of hydrogen-bond donors (Lipinski definition) is 2. The molecule has 25 heavy (non-hydrogen) atoms. The fourth-order valence-corrected chi connectivity index (χ4v) is 2.36. The van der Waals surface area contributed by atoms with Gasteiger partial charge in [0.05, 0.1) is 13.0 Å². The summed E-state index contributed by atoms with van der Waals surface area (Å²) in [5.74, 6) is -0.150. The minimum atomic E-state index is -0.817. The van der Waals surface area contributed by atoms with E-state index >= 15 is 0 Å². The number of carboxylic acid groups (broad SMARTS) is 1. The average molecular weight is 341 g/mol. The number of nitrogens with one attached hydrogen (secondary N) is 1. The van der Waals surface area contributed by atoms with Gasteiger partial charge in [-0.3, -0.25) is 9.59 Å². The molecule has 5 nitrogen and oxygen atoms in total. The van der Waals surface area contributed by atoms with E-state index in [1.165, 1.54) is 0 Å². The zero-order valence-electron chi connectivity index (χ0n) is 14.3. The quantitative estimate of drug-likeness (QED) is 0.729. The van der Waals surface area contributed by atoms with Gasteiger partial charge < -0.3 is 15.2 Å². The number of amides is 1. The molecule has 0 bridgehead atoms. The van der Waals surface area contributed by atoms with Gasteiger partial charge in [-0.1, -0.05) is 31.2 Å². The van der Waals surface area contributed by atoms with Crippen LogP contribution in [0.1, 0.15) is 30.9 Å². The lowest BCUT2D eigenvalue weighted by molar-refractivity contribution is -0.137. The van der Waals surface area contributed by atoms with E-state index in [1.807, 2.05) is 43.3 Å². The molecule has 0 radical (unpaired) electrons. The summed E-state index contributed by atoms with van der Waals surface area (Å²) >= 11 is 0. The molecule has 0 aliphatic carbocycles. The van der Waals surface area contributed by atoms with Gasteiger partial charge in [0.1, 0.15) is 5.75 Å². The highest BCUT2D eigenvalue weighted by Crippen LogP contribution is 2.16. The molecule has 2 rings (SSSR count). The maximum atomic E-state index is 12.2. The maximum absolute atomic E-state index is 12.2. The van der Waals surface area contributed by atoms with Crippen molar-refractivity contribution in [3.05, 3.63) is 59.7 Å². The molecule has 0 aliphatic heterocycles. The highest BCUT2D eigenvalue weighted by atomic mass is 16.5. The van der Waals surface area contributed by atoms with E-state index in [4.69, 9.17) is 9.84 Å². The van der Waals surface area contributed by atoms with Gasteiger partial charge in [-0.25, -0.2) is 0 Å². The number of aliphatic carboxylic acids is 1. The third-order valence-corrected chi connectivity index (χ3v) is 3.60. The normalized spacial score (nSPS) is 10.3. The second-order valence-electron chi connectivity index (χ2n) is 5.81. The number of ether oxygens (including phenoxy) is 1. The summed E-state index contributed by atoms with van der Waals surface area (Å²) in [5, 5.41) is 11.5. The molecule has 0 fully saturated rings. The average Bonchev–Trinajstić information content (AvgIpc) is 2.59. The van der Waals surface area contributed by atoms with Crippen LogP contribution in [0.25, 0.3) is 0 Å². The first-order chi connectivity index (χ1) is 12.1. The summed E-state index contributed by atoms with van der Waals surface area (Å²) in [4.78, 5) is 22.8. The molecule has 0 saturated carbocycles. The number of anilines is 1. The smallest absolute Gasteiger partial charge is 0.303 e. The van der Waals surface area contributed by atoms with Crippen molar-refractivity contribution in [2.45, 2.75) is 32.6 Å². The summed E-state index contributed by atoms with van der Waals surface area (Å²) < 4.78 is 5.58. The molecule has 0 aromatic heterocycles. The Hall–Kier alpha value is -2.82. The SMILES string of the molecule is CCCOc1cccc(CC(=O)Nc2ccc(CCC(=O)O)cc2)c1. The molecular formula is C20H23NO4. The molecule has 0 unspecified atom stereocenters. The van der Waals surface area contributed by atoms with Gasteiger partial charge >= 0.3 is 5.97 Å². The molecule has 5 heteroatoms. The number of carbonyl (C=O) groups excluding carboxylic acids is 1. The van der Waals surface area contributed by atoms with Crippen molar-refractivity contribution in [1.29, 1.82) is 0 Å². The van der Waals surface area contributed by atoms with Crippen molar-refractivity contribution in [3.63, 3.8) is 0 Å². The van der Waals surface area contributed by atoms with E-state index in [0.29, 0.717) is 18.7 Å². The predicted octanol–water partition coefficient (Wildman–Crippen LogP) is 3.67. The van der Waals surface area contributed by atoms with Gasteiger partial charge in [0, 0.05) is 12.1 Å². The molecular weight excluding hydrogens is 318 g/mol. The van der Waals surface area contributed by atoms with Crippen LogP contribution >= 0.6 is 0 Å². The Morgan fingerprint density at radius 3 is 2.52 bits per heavy atom. The van der Waals surface area contributed by atoms with E-state index < -0.39 is 5.97 Å². The Bertz CT molecular complexity index is 710. The minimum Gasteiger partial charge on any atom is -0.494 e. The second kappa shape index (κ2) is 9.47. The molecule has 132 valence electrons. The molecule has 2 aromatic rings. The van der Waals surface area contributed by atoms with E-state index in [-0.39, 0.29) is 18.7 Å². The second-order valence-corrected chi connectivity index (χ2v) is 5.81. The van der Waals surface area contributed by atoms with Crippen LogP contribution in [0.15, 0.2) is 48.5 Å². The molecule has 0 heterocycles. The zero-order valence-corrected chi connectivity index (χ0v) is 14.3. The lowest BCUT2D eigenvalue weighted by Gasteiger charge is -2.08. The minimum absolute atomic E-state index is 0.0994. The third kappa shape index (κ3) is 6.67. The molecule has 2 N–H and O–H groups in total. The summed E-state index contributed by atoms with van der Waals surface area (Å²) in [6, 6.07) is 14.8. The molecule has 0 saturated heterocycles. The molecule has 1 amide bonds. The number of benzene rings is 2. The van der Waals surface area contributed by atoms with Gasteiger partial charge in [0.2, 0.25) is 5.91 Å². The maximum Gasteiger partial charge on any atom is 0.303 e. The zero-order chi connectivity index (χ0) is 18.1. The van der Waals surface area contributed by atoms with Crippen molar-refractivity contribution >= 4 is 17.6 Å². The first-order valence-corrected chi connectivity index (χ1v) is 8.39. The van der Waals surface area contributed by atoms with Crippen molar-refractivity contribution in [3.8, 4) is 5.75 Å². The van der Waals surface area contributed by atoms with E-state index in [1.54, 1.807) is 12.1 Å². The van der Waals surface area contributed by atoms with Crippen LogP contribution in [0, 0.1) is 0 Å². The summed E-state index contributed by atoms with van der Waals surface area (Å²) in [6.07, 6.45) is 1.79. The first-order valence-electron chi connectivity index (χ1n) is 8.39. The van der Waals surface area contributed by atoms with Crippen LogP contribution in [0.5, 0.6) is 5.75 Å². The van der Waals surface area contributed by atoms with E-state index in [2.05, 4.69) is 5.32 Å². The van der Waals surface area contributed by atoms with Gasteiger partial charge in [-0.2, -0.15) is 0 Å². The largest absolute Gasteiger partial charge is 0.494 e. The van der Waals surface area contributed by atoms with Crippen molar-refractivity contribution in [2.75, 3.05) is 11.9 Å². The Morgan fingerprint density at radius 1 is 1.08 bits per heavy atom. The lowest BCUT2D eigenvalue weighted by atomic mass is 10.1. The first kappa shape index (κ1) is 18.5. The molecule has 0 atom stereocenters. The fraction of sp³-hybridized carbons (Fsp3) is 0.300. The number of hydrogen-bond acceptors (Lipinski definition) is 3. The van der Waals surface area contributed by atoms with Crippen LogP contribution in [0.3, 0.4) is 0 Å². The Labute approximate surface area is 147 Å². The fourth-order valence-electron chi connectivity index (χ4n) is 2.36. The highest BCUT2D eigenvalue weighted by molar-refractivity contribution is 5.92. The number of carboxylic acids is 1. The Kier molecular flexibility index (Phi) is 7.01. The van der Waals surface area contributed by atoms with Crippen LogP contribution in [0.2, 0.25) is 0 Å². The standard InChI is InChI=1S/C20H23NO4/c1-2-12-25-18-5-3-4-16(13-18)14-19(22)21-17-9-6-15(7-10-17)8-11-20(23)24/h3-7,9-10,13H,2,8,11-12,14H2,1H3,(H,21,22)(H,23,24). The van der Waals surface area contributed by atoms with Crippen LogP contribution < -0.4 is 10.1 Å². The summed E-state index contributed by atoms with van der Waals surface area (Å²) in [5.41, 5.74) is 2.52. The summed E-state index contributed by atoms with van der Waals surface area (Å²) in [7, 11) is 0. The van der Waals surface area contributed by atoms with E-state index in [9.17, 15) is 9.59 Å². The number of aryl methyl sites for hydroxylation is 1. The van der Waals surface area contributed by atoms with Gasteiger partial charge in [-0.05, 0) is 48.2 Å². The number of carbonyl (C=O) groups is 2. The Balaban J connectivity index is 1.88. The lowest BCUT2D eigenvalue weighted by Crippen LogP contribution is -2.14. The third-order valence-electron chi connectivity index (χ3n) is 3.60. The van der Waals surface area contributed by atoms with Crippen molar-refractivity contribution in [2.24, 2.45) is 0 Å². The van der Waals surface area contributed by atoms with Gasteiger partial charge in [0.25, 0.3) is 0 Å². The summed E-state index contributed by atoms with van der Waals surface area (Å²) in [6.45, 7) is 2.70. The van der Waals surface area contributed by atoms with E-state index in [0.717, 1.165) is 23.3 Å². The van der Waals surface area contributed by atoms with Gasteiger partial charge in [0.15, 0.2) is 0 Å². The van der Waals surface area contributed by atoms with Crippen LogP contribution in [-0.4, -0.2) is 23.6 Å². The predicted molar refractivity (Wildman–Crippen MR) is 97.0 cm³/mol.